The van der Waals surface area contributed by atoms with Gasteiger partial charge in [0.2, 0.25) is 0 Å². The number of nitro benzene ring substituents is 1. The Morgan fingerprint density at radius 1 is 1.56 bits per heavy atom. The lowest BCUT2D eigenvalue weighted by Gasteiger charge is -2.15. The molecule has 1 atom stereocenters. The fraction of sp³-hybridized carbons (Fsp3) is 0.538. The Balaban J connectivity index is 2.06. The average Bonchev–Trinajstić information content (AvgIpc) is 2.79. The Hall–Kier alpha value is -0.940. The average molecular weight is 313 g/mol. The minimum absolute atomic E-state index is 0.152. The topological polar surface area (TPSA) is 46.4 Å². The van der Waals surface area contributed by atoms with Crippen molar-refractivity contribution in [3.63, 3.8) is 0 Å². The molecule has 1 unspecified atom stereocenters. The second kappa shape index (κ2) is 5.80. The summed E-state index contributed by atoms with van der Waals surface area (Å²) in [5.74, 6) is 0.787. The number of rotatable bonds is 4. The summed E-state index contributed by atoms with van der Waals surface area (Å²) >= 11 is 3.21. The maximum absolute atomic E-state index is 10.9. The van der Waals surface area contributed by atoms with Crippen LogP contribution in [-0.4, -0.2) is 22.9 Å². The summed E-state index contributed by atoms with van der Waals surface area (Å²) in [6.07, 6.45) is 2.46. The zero-order valence-corrected chi connectivity index (χ0v) is 12.0. The van der Waals surface area contributed by atoms with Crippen LogP contribution in [0.4, 0.5) is 5.69 Å². The lowest BCUT2D eigenvalue weighted by molar-refractivity contribution is -0.385. The summed E-state index contributed by atoms with van der Waals surface area (Å²) in [4.78, 5) is 12.9. The summed E-state index contributed by atoms with van der Waals surface area (Å²) < 4.78 is 0.545. The van der Waals surface area contributed by atoms with Crippen LogP contribution in [-0.2, 0) is 6.54 Å². The molecule has 0 aromatic heterocycles. The molecule has 1 aromatic carbocycles. The molecule has 2 rings (SSSR count). The maximum atomic E-state index is 10.9. The van der Waals surface area contributed by atoms with E-state index in [-0.39, 0.29) is 10.6 Å². The van der Waals surface area contributed by atoms with Crippen molar-refractivity contribution in [2.45, 2.75) is 26.3 Å². The standard InChI is InChI=1S/C13H17BrN2O2/c1-2-10-5-6-15(8-10)9-11-3-4-12(14)13(7-11)16(17)18/h3-4,7,10H,2,5-6,8-9H2,1H3. The van der Waals surface area contributed by atoms with Gasteiger partial charge in [0.05, 0.1) is 9.40 Å². The smallest absolute Gasteiger partial charge is 0.283 e. The lowest BCUT2D eigenvalue weighted by Crippen LogP contribution is -2.20. The first-order chi connectivity index (χ1) is 8.60. The van der Waals surface area contributed by atoms with Gasteiger partial charge < -0.3 is 0 Å². The van der Waals surface area contributed by atoms with E-state index in [9.17, 15) is 10.1 Å². The van der Waals surface area contributed by atoms with E-state index < -0.39 is 0 Å². The fourth-order valence-electron chi connectivity index (χ4n) is 2.44. The van der Waals surface area contributed by atoms with Crippen molar-refractivity contribution < 1.29 is 4.92 Å². The van der Waals surface area contributed by atoms with E-state index in [0.29, 0.717) is 4.47 Å². The molecular weight excluding hydrogens is 296 g/mol. The van der Waals surface area contributed by atoms with Gasteiger partial charge in [0.25, 0.3) is 5.69 Å². The molecule has 1 aliphatic rings. The first kappa shape index (κ1) is 13.5. The second-order valence-electron chi connectivity index (χ2n) is 4.84. The molecule has 0 radical (unpaired) electrons. The van der Waals surface area contributed by atoms with Gasteiger partial charge >= 0.3 is 0 Å². The molecule has 1 aliphatic heterocycles. The highest BCUT2D eigenvalue weighted by Gasteiger charge is 2.21. The van der Waals surface area contributed by atoms with Crippen LogP contribution in [0.5, 0.6) is 0 Å². The van der Waals surface area contributed by atoms with E-state index in [1.807, 2.05) is 6.07 Å². The minimum atomic E-state index is -0.341. The molecule has 1 saturated heterocycles. The lowest BCUT2D eigenvalue weighted by atomic mass is 10.1. The Morgan fingerprint density at radius 2 is 2.33 bits per heavy atom. The number of nitrogens with zero attached hydrogens (tertiary/aromatic N) is 2. The van der Waals surface area contributed by atoms with Crippen LogP contribution in [0.25, 0.3) is 0 Å². The van der Waals surface area contributed by atoms with Gasteiger partial charge in [0.15, 0.2) is 0 Å². The molecule has 0 N–H and O–H groups in total. The van der Waals surface area contributed by atoms with Crippen LogP contribution in [0.15, 0.2) is 22.7 Å². The summed E-state index contributed by atoms with van der Waals surface area (Å²) in [7, 11) is 0. The molecule has 1 heterocycles. The summed E-state index contributed by atoms with van der Waals surface area (Å²) in [5.41, 5.74) is 1.17. The molecule has 0 spiro atoms. The molecule has 1 aromatic rings. The van der Waals surface area contributed by atoms with E-state index in [2.05, 4.69) is 27.8 Å². The number of hydrogen-bond donors (Lipinski definition) is 0. The van der Waals surface area contributed by atoms with Crippen LogP contribution in [0, 0.1) is 16.0 Å². The van der Waals surface area contributed by atoms with Crippen LogP contribution < -0.4 is 0 Å². The van der Waals surface area contributed by atoms with Gasteiger partial charge in [0.1, 0.15) is 0 Å². The number of halogens is 1. The highest BCUT2D eigenvalue weighted by Crippen LogP contribution is 2.27. The van der Waals surface area contributed by atoms with E-state index in [1.54, 1.807) is 12.1 Å². The zero-order valence-electron chi connectivity index (χ0n) is 10.4. The quantitative estimate of drug-likeness (QED) is 0.630. The summed E-state index contributed by atoms with van der Waals surface area (Å²) in [6.45, 7) is 5.24. The molecule has 0 amide bonds. The van der Waals surface area contributed by atoms with E-state index in [4.69, 9.17) is 0 Å². The first-order valence-electron chi connectivity index (χ1n) is 6.25. The van der Waals surface area contributed by atoms with Crippen molar-refractivity contribution in [3.05, 3.63) is 38.3 Å². The maximum Gasteiger partial charge on any atom is 0.283 e. The van der Waals surface area contributed by atoms with Crippen molar-refractivity contribution in [1.82, 2.24) is 4.90 Å². The van der Waals surface area contributed by atoms with Gasteiger partial charge in [-0.25, -0.2) is 0 Å². The third-order valence-corrected chi connectivity index (χ3v) is 4.23. The number of benzene rings is 1. The van der Waals surface area contributed by atoms with Gasteiger partial charge in [-0.1, -0.05) is 19.4 Å². The van der Waals surface area contributed by atoms with Crippen molar-refractivity contribution in [1.29, 1.82) is 0 Å². The monoisotopic (exact) mass is 312 g/mol. The van der Waals surface area contributed by atoms with Gasteiger partial charge in [-0.2, -0.15) is 0 Å². The van der Waals surface area contributed by atoms with Crippen LogP contribution in [0.2, 0.25) is 0 Å². The second-order valence-corrected chi connectivity index (χ2v) is 5.70. The minimum Gasteiger partial charge on any atom is -0.299 e. The van der Waals surface area contributed by atoms with Crippen molar-refractivity contribution in [3.8, 4) is 0 Å². The number of likely N-dealkylation sites (tertiary alicyclic amines) is 1. The molecule has 0 saturated carbocycles. The third-order valence-electron chi connectivity index (χ3n) is 3.56. The molecule has 1 fully saturated rings. The summed E-state index contributed by atoms with van der Waals surface area (Å²) in [6, 6.07) is 5.39. The SMILES string of the molecule is CCC1CCN(Cc2ccc(Br)c([N+](=O)[O-])c2)C1. The Morgan fingerprint density at radius 3 is 2.94 bits per heavy atom. The van der Waals surface area contributed by atoms with E-state index >= 15 is 0 Å². The van der Waals surface area contributed by atoms with Crippen molar-refractivity contribution >= 4 is 21.6 Å². The predicted molar refractivity (Wildman–Crippen MR) is 74.5 cm³/mol. The molecule has 4 nitrogen and oxygen atoms in total. The Labute approximate surface area is 115 Å². The molecular formula is C13H17BrN2O2. The van der Waals surface area contributed by atoms with Gasteiger partial charge in [0, 0.05) is 19.2 Å². The fourth-order valence-corrected chi connectivity index (χ4v) is 2.84. The van der Waals surface area contributed by atoms with Gasteiger partial charge in [-0.05, 0) is 46.4 Å². The summed E-state index contributed by atoms with van der Waals surface area (Å²) in [5, 5.41) is 10.9. The zero-order chi connectivity index (χ0) is 13.1. The molecule has 0 aliphatic carbocycles. The van der Waals surface area contributed by atoms with Gasteiger partial charge in [-0.15, -0.1) is 0 Å². The largest absolute Gasteiger partial charge is 0.299 e. The number of hydrogen-bond acceptors (Lipinski definition) is 3. The van der Waals surface area contributed by atoms with Gasteiger partial charge in [-0.3, -0.25) is 15.0 Å². The highest BCUT2D eigenvalue weighted by molar-refractivity contribution is 9.10. The highest BCUT2D eigenvalue weighted by atomic mass is 79.9. The van der Waals surface area contributed by atoms with E-state index in [0.717, 1.165) is 31.1 Å². The van der Waals surface area contributed by atoms with Crippen molar-refractivity contribution in [2.75, 3.05) is 13.1 Å². The van der Waals surface area contributed by atoms with Crippen LogP contribution in [0.3, 0.4) is 0 Å². The van der Waals surface area contributed by atoms with Crippen molar-refractivity contribution in [2.24, 2.45) is 5.92 Å². The Kier molecular flexibility index (Phi) is 4.35. The van der Waals surface area contributed by atoms with Crippen LogP contribution >= 0.6 is 15.9 Å². The predicted octanol–water partition coefficient (Wildman–Crippen LogP) is 3.59. The van der Waals surface area contributed by atoms with E-state index in [1.165, 1.54) is 12.8 Å². The molecule has 98 valence electrons. The molecule has 18 heavy (non-hydrogen) atoms. The third kappa shape index (κ3) is 3.09. The normalized spacial score (nSPS) is 20.2. The molecule has 5 heteroatoms. The first-order valence-corrected chi connectivity index (χ1v) is 7.04. The number of nitro groups is 1. The Bertz CT molecular complexity index is 451. The van der Waals surface area contributed by atoms with Crippen LogP contribution in [0.1, 0.15) is 25.3 Å². The molecule has 0 bridgehead atoms.